The zero-order valence-corrected chi connectivity index (χ0v) is 13.4. The Hall–Kier alpha value is -2.06. The molecule has 1 aliphatic heterocycles. The Labute approximate surface area is 132 Å². The summed E-state index contributed by atoms with van der Waals surface area (Å²) >= 11 is 0. The Morgan fingerprint density at radius 2 is 1.55 bits per heavy atom. The first-order valence-corrected chi connectivity index (χ1v) is 7.63. The van der Waals surface area contributed by atoms with Crippen molar-refractivity contribution in [3.05, 3.63) is 77.5 Å². The molecule has 2 unspecified atom stereocenters. The van der Waals surface area contributed by atoms with Crippen molar-refractivity contribution in [2.75, 3.05) is 7.11 Å². The molecule has 3 rings (SSSR count). The van der Waals surface area contributed by atoms with Crippen LogP contribution in [0.15, 0.2) is 66.4 Å². The van der Waals surface area contributed by atoms with Gasteiger partial charge in [0.1, 0.15) is 5.76 Å². The number of rotatable bonds is 3. The predicted molar refractivity (Wildman–Crippen MR) is 89.3 cm³/mol. The fourth-order valence-corrected chi connectivity index (χ4v) is 3.16. The molecule has 114 valence electrons. The molecule has 2 aromatic rings. The normalized spacial score (nSPS) is 29.5. The topological polar surface area (TPSA) is 18.5 Å². The lowest BCUT2D eigenvalue weighted by molar-refractivity contribution is -0.162. The van der Waals surface area contributed by atoms with E-state index in [2.05, 4.69) is 49.4 Å². The van der Waals surface area contributed by atoms with Crippen molar-refractivity contribution < 1.29 is 9.47 Å². The summed E-state index contributed by atoms with van der Waals surface area (Å²) in [6, 6.07) is 20.8. The van der Waals surface area contributed by atoms with Crippen molar-refractivity contribution in [3.63, 3.8) is 0 Å². The SMILES string of the molecule is COC1(C)CC(C)(c2ccccc2)/C(=C/c2ccccc2)O1. The van der Waals surface area contributed by atoms with Crippen LogP contribution in [0.25, 0.3) is 6.08 Å². The van der Waals surface area contributed by atoms with Crippen LogP contribution >= 0.6 is 0 Å². The maximum Gasteiger partial charge on any atom is 0.208 e. The van der Waals surface area contributed by atoms with Crippen molar-refractivity contribution in [1.29, 1.82) is 0 Å². The third kappa shape index (κ3) is 2.67. The van der Waals surface area contributed by atoms with E-state index in [0.29, 0.717) is 0 Å². The van der Waals surface area contributed by atoms with Crippen LogP contribution in [0.1, 0.15) is 31.4 Å². The van der Waals surface area contributed by atoms with Crippen molar-refractivity contribution in [3.8, 4) is 0 Å². The van der Waals surface area contributed by atoms with Gasteiger partial charge in [0.2, 0.25) is 5.79 Å². The number of hydrogen-bond acceptors (Lipinski definition) is 2. The Morgan fingerprint density at radius 1 is 0.955 bits per heavy atom. The first kappa shape index (κ1) is 14.9. The van der Waals surface area contributed by atoms with Gasteiger partial charge in [-0.15, -0.1) is 0 Å². The summed E-state index contributed by atoms with van der Waals surface area (Å²) in [5, 5.41) is 0. The summed E-state index contributed by atoms with van der Waals surface area (Å²) < 4.78 is 11.8. The molecule has 1 saturated heterocycles. The standard InChI is InChI=1S/C20H22O2/c1-19(17-12-8-5-9-13-17)15-20(2,21-3)22-18(19)14-16-10-6-4-7-11-16/h4-14H,15H2,1-3H3/b18-14-. The molecule has 2 aromatic carbocycles. The summed E-state index contributed by atoms with van der Waals surface area (Å²) in [7, 11) is 1.71. The van der Waals surface area contributed by atoms with Crippen molar-refractivity contribution in [2.24, 2.45) is 0 Å². The Bertz CT molecular complexity index is 663. The molecule has 0 amide bonds. The first-order chi connectivity index (χ1) is 10.6. The number of methoxy groups -OCH3 is 1. The van der Waals surface area contributed by atoms with Crippen LogP contribution in [-0.4, -0.2) is 12.9 Å². The highest BCUT2D eigenvalue weighted by Gasteiger charge is 2.49. The molecule has 2 heteroatoms. The largest absolute Gasteiger partial charge is 0.466 e. The highest BCUT2D eigenvalue weighted by molar-refractivity contribution is 5.56. The molecule has 0 radical (unpaired) electrons. The zero-order valence-electron chi connectivity index (χ0n) is 13.4. The summed E-state index contributed by atoms with van der Waals surface area (Å²) in [4.78, 5) is 0. The minimum Gasteiger partial charge on any atom is -0.466 e. The maximum absolute atomic E-state index is 6.21. The van der Waals surface area contributed by atoms with Gasteiger partial charge in [-0.25, -0.2) is 0 Å². The van der Waals surface area contributed by atoms with Gasteiger partial charge in [-0.2, -0.15) is 0 Å². The van der Waals surface area contributed by atoms with Crippen LogP contribution in [0.4, 0.5) is 0 Å². The van der Waals surface area contributed by atoms with Gasteiger partial charge < -0.3 is 9.47 Å². The summed E-state index contributed by atoms with van der Waals surface area (Å²) in [6.45, 7) is 4.22. The second-order valence-electron chi connectivity index (χ2n) is 6.23. The summed E-state index contributed by atoms with van der Waals surface area (Å²) in [5.41, 5.74) is 2.19. The molecule has 2 atom stereocenters. The van der Waals surface area contributed by atoms with Crippen LogP contribution in [0.2, 0.25) is 0 Å². The third-order valence-corrected chi connectivity index (χ3v) is 4.48. The minimum atomic E-state index is -0.592. The molecular weight excluding hydrogens is 272 g/mol. The number of ether oxygens (including phenoxy) is 2. The van der Waals surface area contributed by atoms with Gasteiger partial charge in [0.15, 0.2) is 0 Å². The van der Waals surface area contributed by atoms with Crippen LogP contribution < -0.4 is 0 Å². The molecule has 1 aliphatic rings. The van der Waals surface area contributed by atoms with E-state index >= 15 is 0 Å². The van der Waals surface area contributed by atoms with E-state index < -0.39 is 5.79 Å². The lowest BCUT2D eigenvalue weighted by Crippen LogP contribution is -2.28. The molecule has 0 aromatic heterocycles. The predicted octanol–water partition coefficient (Wildman–Crippen LogP) is 4.77. The fourth-order valence-electron chi connectivity index (χ4n) is 3.16. The monoisotopic (exact) mass is 294 g/mol. The second kappa shape index (κ2) is 5.62. The Morgan fingerprint density at radius 3 is 2.14 bits per heavy atom. The van der Waals surface area contributed by atoms with E-state index in [9.17, 15) is 0 Å². The molecular formula is C20H22O2. The minimum absolute atomic E-state index is 0.193. The van der Waals surface area contributed by atoms with Gasteiger partial charge >= 0.3 is 0 Å². The molecule has 0 bridgehead atoms. The van der Waals surface area contributed by atoms with E-state index in [1.54, 1.807) is 7.11 Å². The van der Waals surface area contributed by atoms with E-state index in [-0.39, 0.29) is 5.41 Å². The molecule has 0 aliphatic carbocycles. The molecule has 0 spiro atoms. The van der Waals surface area contributed by atoms with Crippen LogP contribution in [-0.2, 0) is 14.9 Å². The quantitative estimate of drug-likeness (QED) is 0.812. The zero-order chi connectivity index (χ0) is 15.6. The van der Waals surface area contributed by atoms with E-state index in [1.165, 1.54) is 5.56 Å². The third-order valence-electron chi connectivity index (χ3n) is 4.48. The van der Waals surface area contributed by atoms with Crippen molar-refractivity contribution >= 4 is 6.08 Å². The van der Waals surface area contributed by atoms with Crippen molar-refractivity contribution in [1.82, 2.24) is 0 Å². The maximum atomic E-state index is 6.21. The Kier molecular flexibility index (Phi) is 3.79. The van der Waals surface area contributed by atoms with E-state index in [0.717, 1.165) is 17.7 Å². The summed E-state index contributed by atoms with van der Waals surface area (Å²) in [5.74, 6) is 0.361. The highest BCUT2D eigenvalue weighted by atomic mass is 16.7. The van der Waals surface area contributed by atoms with Crippen LogP contribution in [0.3, 0.4) is 0 Å². The average molecular weight is 294 g/mol. The number of hydrogen-bond donors (Lipinski definition) is 0. The van der Waals surface area contributed by atoms with Crippen molar-refractivity contribution in [2.45, 2.75) is 31.5 Å². The van der Waals surface area contributed by atoms with Gasteiger partial charge in [-0.3, -0.25) is 0 Å². The van der Waals surface area contributed by atoms with Crippen LogP contribution in [0, 0.1) is 0 Å². The molecule has 1 heterocycles. The molecule has 0 saturated carbocycles. The van der Waals surface area contributed by atoms with E-state index in [1.807, 2.05) is 31.2 Å². The average Bonchev–Trinajstić information content (AvgIpc) is 2.82. The lowest BCUT2D eigenvalue weighted by Gasteiger charge is -2.24. The summed E-state index contributed by atoms with van der Waals surface area (Å²) in [6.07, 6.45) is 2.91. The number of benzene rings is 2. The number of allylic oxidation sites excluding steroid dienone is 1. The van der Waals surface area contributed by atoms with Crippen LogP contribution in [0.5, 0.6) is 0 Å². The van der Waals surface area contributed by atoms with Gasteiger partial charge in [0.25, 0.3) is 0 Å². The lowest BCUT2D eigenvalue weighted by atomic mass is 9.77. The van der Waals surface area contributed by atoms with Gasteiger partial charge in [0, 0.05) is 20.5 Å². The molecule has 2 nitrogen and oxygen atoms in total. The fraction of sp³-hybridized carbons (Fsp3) is 0.300. The Balaban J connectivity index is 2.07. The highest BCUT2D eigenvalue weighted by Crippen LogP contribution is 2.49. The molecule has 22 heavy (non-hydrogen) atoms. The second-order valence-corrected chi connectivity index (χ2v) is 6.23. The van der Waals surface area contributed by atoms with Gasteiger partial charge in [0.05, 0.1) is 5.41 Å². The molecule has 0 N–H and O–H groups in total. The van der Waals surface area contributed by atoms with Gasteiger partial charge in [-0.1, -0.05) is 60.7 Å². The van der Waals surface area contributed by atoms with E-state index in [4.69, 9.17) is 9.47 Å². The smallest absolute Gasteiger partial charge is 0.208 e. The first-order valence-electron chi connectivity index (χ1n) is 7.63. The van der Waals surface area contributed by atoms with Gasteiger partial charge in [-0.05, 0) is 24.1 Å². The molecule has 1 fully saturated rings.